The van der Waals surface area contributed by atoms with Gasteiger partial charge < -0.3 is 13.1 Å². The molecule has 0 fully saturated rings. The second kappa shape index (κ2) is 8.01. The maximum absolute atomic E-state index is 11.4. The van der Waals surface area contributed by atoms with Crippen molar-refractivity contribution in [1.82, 2.24) is 0 Å². The fourth-order valence-electron chi connectivity index (χ4n) is 1.86. The van der Waals surface area contributed by atoms with Crippen LogP contribution < -0.4 is 0 Å². The summed E-state index contributed by atoms with van der Waals surface area (Å²) >= 11 is 0. The van der Waals surface area contributed by atoms with Crippen molar-refractivity contribution in [3.8, 4) is 0 Å². The van der Waals surface area contributed by atoms with Crippen LogP contribution in [0.15, 0.2) is 30.3 Å². The van der Waals surface area contributed by atoms with E-state index in [2.05, 4.69) is 0 Å². The summed E-state index contributed by atoms with van der Waals surface area (Å²) in [5, 5.41) is 18.6. The minimum Gasteiger partial charge on any atom is -1.00 e. The Kier molecular flexibility index (Phi) is 7.89. The molecule has 0 aliphatic heterocycles. The van der Waals surface area contributed by atoms with E-state index >= 15 is 0 Å². The first-order chi connectivity index (χ1) is 8.05. The number of hydrogen-bond donors (Lipinski definition) is 2. The average molecular weight is 376 g/mol. The van der Waals surface area contributed by atoms with Gasteiger partial charge in [-0.2, -0.15) is 0 Å². The first-order valence-electron chi connectivity index (χ1n) is 5.58. The molecule has 0 atom stereocenters. The van der Waals surface area contributed by atoms with Crippen molar-refractivity contribution in [3.63, 3.8) is 0 Å². The first-order valence-corrected chi connectivity index (χ1v) is 5.58. The van der Waals surface area contributed by atoms with Gasteiger partial charge in [-0.3, -0.25) is 9.59 Å². The standard InChI is InChI=1S/C13H16O4.Ba.2H/c1-2-3-9-13(11(14)15,12(16)17)10-7-5-4-6-8-10;;;/h4-8H,2-3,9H2,1H3,(H,14,15)(H,16,17);;;/q;+2;2*-1. The molecule has 0 saturated carbocycles. The molecule has 0 heterocycles. The third kappa shape index (κ3) is 3.61. The Morgan fingerprint density at radius 1 is 1.17 bits per heavy atom. The molecule has 5 heteroatoms. The molecular weight excluding hydrogens is 357 g/mol. The van der Waals surface area contributed by atoms with Crippen LogP contribution in [-0.4, -0.2) is 71.0 Å². The molecule has 1 aromatic carbocycles. The van der Waals surface area contributed by atoms with Gasteiger partial charge in [0.15, 0.2) is 5.41 Å². The van der Waals surface area contributed by atoms with Gasteiger partial charge in [-0.1, -0.05) is 50.1 Å². The van der Waals surface area contributed by atoms with E-state index in [0.717, 1.165) is 6.42 Å². The Labute approximate surface area is 149 Å². The van der Waals surface area contributed by atoms with Crippen molar-refractivity contribution >= 4 is 60.8 Å². The van der Waals surface area contributed by atoms with Crippen molar-refractivity contribution < 1.29 is 22.7 Å². The third-order valence-corrected chi connectivity index (χ3v) is 2.90. The van der Waals surface area contributed by atoms with E-state index in [0.29, 0.717) is 12.0 Å². The van der Waals surface area contributed by atoms with E-state index in [4.69, 9.17) is 0 Å². The van der Waals surface area contributed by atoms with Gasteiger partial charge in [0.1, 0.15) is 0 Å². The Balaban J connectivity index is -0.000000963. The normalized spacial score (nSPS) is 10.5. The predicted molar refractivity (Wildman–Crippen MR) is 70.9 cm³/mol. The second-order valence-electron chi connectivity index (χ2n) is 3.99. The Hall–Kier alpha value is -0.269. The molecule has 18 heavy (non-hydrogen) atoms. The number of carbonyl (C=O) groups is 2. The maximum Gasteiger partial charge on any atom is 2.00 e. The van der Waals surface area contributed by atoms with Crippen molar-refractivity contribution in [3.05, 3.63) is 35.9 Å². The molecule has 1 aromatic rings. The summed E-state index contributed by atoms with van der Waals surface area (Å²) in [7, 11) is 0. The first kappa shape index (κ1) is 17.7. The molecule has 0 aliphatic rings. The number of carboxylic acid groups (broad SMARTS) is 2. The summed E-state index contributed by atoms with van der Waals surface area (Å²) in [6, 6.07) is 8.15. The summed E-state index contributed by atoms with van der Waals surface area (Å²) in [4.78, 5) is 22.8. The smallest absolute Gasteiger partial charge is 1.00 e. The molecule has 96 valence electrons. The molecule has 0 radical (unpaired) electrons. The number of carboxylic acids is 2. The van der Waals surface area contributed by atoms with Gasteiger partial charge in [0, 0.05) is 0 Å². The SMILES string of the molecule is CCCCC(C(=O)O)(C(=O)O)c1ccccc1.[Ba+2].[H-].[H-]. The largest absolute Gasteiger partial charge is 2.00 e. The Bertz CT molecular complexity index is 398. The van der Waals surface area contributed by atoms with Gasteiger partial charge in [-0.15, -0.1) is 0 Å². The van der Waals surface area contributed by atoms with Crippen LogP contribution in [0.5, 0.6) is 0 Å². The van der Waals surface area contributed by atoms with Crippen LogP contribution in [0.25, 0.3) is 0 Å². The molecule has 1 rings (SSSR count). The number of hydrogen-bond acceptors (Lipinski definition) is 2. The second-order valence-corrected chi connectivity index (χ2v) is 3.99. The van der Waals surface area contributed by atoms with E-state index in [1.54, 1.807) is 30.3 Å². The zero-order chi connectivity index (χ0) is 12.9. The summed E-state index contributed by atoms with van der Waals surface area (Å²) in [6.07, 6.45) is 1.43. The van der Waals surface area contributed by atoms with E-state index in [9.17, 15) is 19.8 Å². The zero-order valence-corrected chi connectivity index (χ0v) is 14.9. The topological polar surface area (TPSA) is 74.6 Å². The summed E-state index contributed by atoms with van der Waals surface area (Å²) < 4.78 is 0. The molecule has 4 nitrogen and oxygen atoms in total. The Morgan fingerprint density at radius 3 is 2.06 bits per heavy atom. The average Bonchev–Trinajstić information content (AvgIpc) is 2.30. The van der Waals surface area contributed by atoms with Gasteiger partial charge in [-0.05, 0) is 12.0 Å². The van der Waals surface area contributed by atoms with Gasteiger partial charge >= 0.3 is 60.8 Å². The number of rotatable bonds is 6. The fourth-order valence-corrected chi connectivity index (χ4v) is 1.86. The van der Waals surface area contributed by atoms with Crippen LogP contribution in [0.4, 0.5) is 0 Å². The van der Waals surface area contributed by atoms with Gasteiger partial charge in [0.25, 0.3) is 0 Å². The van der Waals surface area contributed by atoms with Crippen LogP contribution in [0.3, 0.4) is 0 Å². The van der Waals surface area contributed by atoms with E-state index in [1.165, 1.54) is 0 Å². The van der Waals surface area contributed by atoms with Gasteiger partial charge in [0.2, 0.25) is 0 Å². The number of unbranched alkanes of at least 4 members (excludes halogenated alkanes) is 1. The quantitative estimate of drug-likeness (QED) is 0.590. The summed E-state index contributed by atoms with van der Waals surface area (Å²) in [5.74, 6) is -2.60. The van der Waals surface area contributed by atoms with Gasteiger partial charge in [-0.25, -0.2) is 0 Å². The maximum atomic E-state index is 11.4. The fraction of sp³-hybridized carbons (Fsp3) is 0.385. The Morgan fingerprint density at radius 2 is 1.67 bits per heavy atom. The molecule has 0 saturated heterocycles. The van der Waals surface area contributed by atoms with Gasteiger partial charge in [0.05, 0.1) is 0 Å². The molecule has 0 spiro atoms. The molecule has 0 aliphatic carbocycles. The van der Waals surface area contributed by atoms with Crippen LogP contribution in [0.1, 0.15) is 34.6 Å². The van der Waals surface area contributed by atoms with E-state index < -0.39 is 17.4 Å². The predicted octanol–water partition coefficient (Wildman–Crippen LogP) is 2.13. The number of aliphatic carboxylic acids is 2. The zero-order valence-electron chi connectivity index (χ0n) is 12.4. The van der Waals surface area contributed by atoms with Crippen LogP contribution in [-0.2, 0) is 15.0 Å². The summed E-state index contributed by atoms with van der Waals surface area (Å²) in [6.45, 7) is 1.90. The van der Waals surface area contributed by atoms with Crippen LogP contribution in [0.2, 0.25) is 0 Å². The van der Waals surface area contributed by atoms with Crippen LogP contribution >= 0.6 is 0 Å². The monoisotopic (exact) mass is 376 g/mol. The minimum atomic E-state index is -1.82. The molecule has 0 unspecified atom stereocenters. The van der Waals surface area contributed by atoms with Crippen molar-refractivity contribution in [2.75, 3.05) is 0 Å². The minimum absolute atomic E-state index is 0. The van der Waals surface area contributed by atoms with E-state index in [1.807, 2.05) is 6.92 Å². The van der Waals surface area contributed by atoms with Crippen LogP contribution in [0, 0.1) is 0 Å². The molecular formula is C13H18BaO4. The van der Waals surface area contributed by atoms with Crippen molar-refractivity contribution in [2.24, 2.45) is 0 Å². The molecule has 2 N–H and O–H groups in total. The number of benzene rings is 1. The molecule has 0 aromatic heterocycles. The molecule has 0 amide bonds. The summed E-state index contributed by atoms with van der Waals surface area (Å²) in [5.41, 5.74) is -1.49. The molecule has 0 bridgehead atoms. The van der Waals surface area contributed by atoms with Crippen molar-refractivity contribution in [2.45, 2.75) is 31.6 Å². The third-order valence-electron chi connectivity index (χ3n) is 2.90. The van der Waals surface area contributed by atoms with Crippen molar-refractivity contribution in [1.29, 1.82) is 0 Å². The van der Waals surface area contributed by atoms with E-state index in [-0.39, 0.29) is 58.2 Å².